The zero-order chi connectivity index (χ0) is 48.7. The Kier molecular flexibility index (Phi) is 17.1. The third-order valence-corrected chi connectivity index (χ3v) is 12.1. The van der Waals surface area contributed by atoms with E-state index < -0.39 is 65.8 Å². The first-order valence-corrected chi connectivity index (χ1v) is 22.6. The molecule has 1 heterocycles. The Balaban J connectivity index is 1.45. The van der Waals surface area contributed by atoms with Gasteiger partial charge in [-0.3, -0.25) is 29.0 Å². The normalized spacial score (nSPS) is 19.6. The van der Waals surface area contributed by atoms with E-state index in [4.69, 9.17) is 17.2 Å². The Hall–Kier alpha value is -7.95. The van der Waals surface area contributed by atoms with Crippen LogP contribution in [0.5, 0.6) is 5.75 Å². The van der Waals surface area contributed by atoms with E-state index in [1.54, 1.807) is 12.1 Å². The molecular weight excluding hydrogens is 865 g/mol. The SMILES string of the molecule is CN1C(=O)[C@H](CCCN=C(N)N)NC(=O)[C@@H](Cc2ccc(O)cc2)NC(=O)[C@H](Cc2ccc(-c3ccccc3)cc2)N(C)C(=O)[C@H](Cc2ccc3ccccc3c2)NC(=O)[C@@H]1CCCNC(N)=O. The number of aliphatic imine (C=N–C) groups is 1. The molecule has 0 saturated carbocycles. The molecule has 0 spiro atoms. The van der Waals surface area contributed by atoms with Gasteiger partial charge in [-0.25, -0.2) is 4.79 Å². The minimum absolute atomic E-state index is 0.00127. The molecule has 0 bridgehead atoms. The van der Waals surface area contributed by atoms with Crippen molar-refractivity contribution in [3.63, 3.8) is 0 Å². The number of phenolic OH excluding ortho intramolecular Hbond substituents is 1. The summed E-state index contributed by atoms with van der Waals surface area (Å²) in [5.41, 5.74) is 20.5. The maximum absolute atomic E-state index is 15.1. The summed E-state index contributed by atoms with van der Waals surface area (Å²) in [7, 11) is 2.93. The van der Waals surface area contributed by atoms with Crippen molar-refractivity contribution in [2.24, 2.45) is 22.2 Å². The third-order valence-electron chi connectivity index (χ3n) is 12.1. The van der Waals surface area contributed by atoms with Crippen molar-refractivity contribution in [1.29, 1.82) is 0 Å². The molecule has 17 nitrogen and oxygen atoms in total. The number of rotatable bonds is 15. The lowest BCUT2D eigenvalue weighted by atomic mass is 9.97. The number of phenols is 1. The molecule has 0 aliphatic carbocycles. The van der Waals surface area contributed by atoms with E-state index in [0.717, 1.165) is 33.0 Å². The number of nitrogens with zero attached hydrogens (tertiary/aromatic N) is 3. The molecule has 11 N–H and O–H groups in total. The van der Waals surface area contributed by atoms with E-state index in [-0.39, 0.29) is 69.7 Å². The van der Waals surface area contributed by atoms with Gasteiger partial charge in [-0.2, -0.15) is 0 Å². The van der Waals surface area contributed by atoms with Gasteiger partial charge in [0.15, 0.2) is 5.96 Å². The maximum Gasteiger partial charge on any atom is 0.312 e. The Bertz CT molecular complexity index is 2590. The van der Waals surface area contributed by atoms with Crippen LogP contribution in [0.25, 0.3) is 21.9 Å². The molecule has 1 fully saturated rings. The molecule has 0 aromatic heterocycles. The molecule has 0 unspecified atom stereocenters. The van der Waals surface area contributed by atoms with Crippen LogP contribution in [-0.4, -0.2) is 114 Å². The summed E-state index contributed by atoms with van der Waals surface area (Å²) in [4.78, 5) is 92.3. The molecule has 1 aliphatic rings. The summed E-state index contributed by atoms with van der Waals surface area (Å²) in [6, 6.07) is 30.1. The molecule has 5 atom stereocenters. The lowest BCUT2D eigenvalue weighted by Crippen LogP contribution is -2.59. The predicted octanol–water partition coefficient (Wildman–Crippen LogP) is 2.86. The Morgan fingerprint density at radius 2 is 1.13 bits per heavy atom. The van der Waals surface area contributed by atoms with Crippen molar-refractivity contribution in [2.45, 2.75) is 75.2 Å². The van der Waals surface area contributed by atoms with E-state index in [9.17, 15) is 29.1 Å². The molecule has 5 aromatic rings. The number of hydrogen-bond acceptors (Lipinski definition) is 8. The minimum Gasteiger partial charge on any atom is -0.508 e. The molecule has 17 heteroatoms. The highest BCUT2D eigenvalue weighted by Gasteiger charge is 2.39. The predicted molar refractivity (Wildman–Crippen MR) is 261 cm³/mol. The number of nitrogens with one attached hydrogen (secondary N) is 4. The number of hydrogen-bond donors (Lipinski definition) is 8. The quantitative estimate of drug-likeness (QED) is 0.0435. The molecule has 1 aliphatic heterocycles. The van der Waals surface area contributed by atoms with Crippen LogP contribution in [0.3, 0.4) is 0 Å². The fourth-order valence-corrected chi connectivity index (χ4v) is 8.35. The van der Waals surface area contributed by atoms with Crippen LogP contribution in [0.1, 0.15) is 42.4 Å². The van der Waals surface area contributed by atoms with E-state index in [0.29, 0.717) is 5.56 Å². The number of primary amides is 1. The van der Waals surface area contributed by atoms with Crippen molar-refractivity contribution in [2.75, 3.05) is 27.2 Å². The first-order valence-electron chi connectivity index (χ1n) is 22.6. The average molecular weight is 925 g/mol. The smallest absolute Gasteiger partial charge is 0.312 e. The van der Waals surface area contributed by atoms with E-state index in [2.05, 4.69) is 26.3 Å². The first kappa shape index (κ1) is 49.5. The Morgan fingerprint density at radius 1 is 0.588 bits per heavy atom. The summed E-state index contributed by atoms with van der Waals surface area (Å²) in [6.45, 7) is 0.212. The number of aromatic hydroxyl groups is 1. The van der Waals surface area contributed by atoms with E-state index in [1.807, 2.05) is 97.1 Å². The van der Waals surface area contributed by atoms with Crippen molar-refractivity contribution in [3.05, 3.63) is 138 Å². The average Bonchev–Trinajstić information content (AvgIpc) is 3.33. The molecule has 1 saturated heterocycles. The van der Waals surface area contributed by atoms with E-state index in [1.165, 1.54) is 36.0 Å². The number of guanidine groups is 1. The molecular formula is C51H60N10O7. The molecule has 356 valence electrons. The van der Waals surface area contributed by atoms with Gasteiger partial charge in [0.25, 0.3) is 0 Å². The minimum atomic E-state index is -1.29. The largest absolute Gasteiger partial charge is 0.508 e. The Morgan fingerprint density at radius 3 is 1.82 bits per heavy atom. The molecule has 0 radical (unpaired) electrons. The highest BCUT2D eigenvalue weighted by molar-refractivity contribution is 5.98. The van der Waals surface area contributed by atoms with Crippen molar-refractivity contribution in [3.8, 4) is 16.9 Å². The second kappa shape index (κ2) is 23.5. The Labute approximate surface area is 395 Å². The third kappa shape index (κ3) is 13.6. The number of carbonyl (C=O) groups excluding carboxylic acids is 6. The zero-order valence-electron chi connectivity index (χ0n) is 38.3. The van der Waals surface area contributed by atoms with Crippen LogP contribution in [0.15, 0.2) is 126 Å². The van der Waals surface area contributed by atoms with Crippen LogP contribution in [0.2, 0.25) is 0 Å². The van der Waals surface area contributed by atoms with Gasteiger partial charge in [-0.15, -0.1) is 0 Å². The topological polar surface area (TPSA) is 268 Å². The van der Waals surface area contributed by atoms with Crippen molar-refractivity contribution < 1.29 is 33.9 Å². The molecule has 68 heavy (non-hydrogen) atoms. The second-order valence-electron chi connectivity index (χ2n) is 17.0. The molecule has 7 amide bonds. The van der Waals surface area contributed by atoms with Gasteiger partial charge < -0.3 is 53.4 Å². The van der Waals surface area contributed by atoms with Crippen molar-refractivity contribution >= 4 is 52.3 Å². The van der Waals surface area contributed by atoms with Gasteiger partial charge >= 0.3 is 6.03 Å². The highest BCUT2D eigenvalue weighted by Crippen LogP contribution is 2.23. The molecule has 6 rings (SSSR count). The zero-order valence-corrected chi connectivity index (χ0v) is 38.3. The van der Waals surface area contributed by atoms with Gasteiger partial charge in [0.2, 0.25) is 29.5 Å². The van der Waals surface area contributed by atoms with Gasteiger partial charge in [0.05, 0.1) is 0 Å². The van der Waals surface area contributed by atoms with Crippen LogP contribution in [0.4, 0.5) is 4.79 Å². The summed E-state index contributed by atoms with van der Waals surface area (Å²) in [5, 5.41) is 23.2. The molecule has 5 aromatic carbocycles. The van der Waals surface area contributed by atoms with Crippen LogP contribution in [-0.2, 0) is 43.2 Å². The number of carbonyl (C=O) groups is 6. The lowest BCUT2D eigenvalue weighted by molar-refractivity contribution is -0.144. The second-order valence-corrected chi connectivity index (χ2v) is 17.0. The van der Waals surface area contributed by atoms with Crippen molar-refractivity contribution in [1.82, 2.24) is 31.1 Å². The maximum atomic E-state index is 15.1. The number of benzene rings is 5. The summed E-state index contributed by atoms with van der Waals surface area (Å²) < 4.78 is 0. The summed E-state index contributed by atoms with van der Waals surface area (Å²) >= 11 is 0. The number of likely N-dealkylation sites (N-methyl/N-ethyl adjacent to an activating group) is 2. The number of urea groups is 1. The van der Waals surface area contributed by atoms with Gasteiger partial charge in [0.1, 0.15) is 36.0 Å². The van der Waals surface area contributed by atoms with Crippen LogP contribution >= 0.6 is 0 Å². The highest BCUT2D eigenvalue weighted by atomic mass is 16.3. The van der Waals surface area contributed by atoms with E-state index >= 15 is 4.79 Å². The lowest BCUT2D eigenvalue weighted by Gasteiger charge is -2.33. The fourth-order valence-electron chi connectivity index (χ4n) is 8.35. The standard InChI is InChI=1S/C51H60N10O7/c1-60-43(15-9-27-56-51(54)68)46(64)59-42(30-34-18-23-36-12-6-7-13-38(36)28-34)49(67)61(2)44(31-33-16-21-37(22-17-33)35-10-4-3-5-11-35)47(65)58-41(29-32-19-24-39(62)25-20-32)45(63)57-40(48(60)66)14-8-26-55-50(52)53/h3-7,10-13,16-25,28,40-44,62H,8-9,14-15,26-27,29-31H2,1-2H3,(H,57,63)(H,58,65)(H,59,64)(H4,52,53,55)(H3,54,56,68)/t40-,41+,42-,43-,44-/m0/s1. The fraction of sp³-hybridized carbons (Fsp3) is 0.314. The monoisotopic (exact) mass is 924 g/mol. The number of amides is 7. The number of nitrogens with two attached hydrogens (primary N) is 3. The number of fused-ring (bicyclic) bond motifs is 1. The summed E-state index contributed by atoms with van der Waals surface area (Å²) in [5.74, 6) is -3.43. The van der Waals surface area contributed by atoms with Crippen LogP contribution < -0.4 is 38.5 Å². The van der Waals surface area contributed by atoms with Gasteiger partial charge in [-0.1, -0.05) is 109 Å². The summed E-state index contributed by atoms with van der Waals surface area (Å²) in [6.07, 6.45) is 0.509. The van der Waals surface area contributed by atoms with Gasteiger partial charge in [-0.05, 0) is 76.4 Å². The first-order chi connectivity index (χ1) is 32.7. The van der Waals surface area contributed by atoms with Crippen LogP contribution in [0, 0.1) is 0 Å². The van der Waals surface area contributed by atoms with Gasteiger partial charge in [0, 0.05) is 46.4 Å².